The van der Waals surface area contributed by atoms with Crippen LogP contribution in [0.3, 0.4) is 0 Å². The van der Waals surface area contributed by atoms with E-state index < -0.39 is 11.9 Å². The van der Waals surface area contributed by atoms with E-state index in [1.807, 2.05) is 0 Å². The van der Waals surface area contributed by atoms with Crippen molar-refractivity contribution in [2.24, 2.45) is 5.73 Å². The summed E-state index contributed by atoms with van der Waals surface area (Å²) in [6, 6.07) is 5.58. The summed E-state index contributed by atoms with van der Waals surface area (Å²) < 4.78 is 14.9. The highest BCUT2D eigenvalue weighted by Crippen LogP contribution is 2.29. The van der Waals surface area contributed by atoms with Gasteiger partial charge in [-0.3, -0.25) is 14.4 Å². The average Bonchev–Trinajstić information content (AvgIpc) is 3.04. The van der Waals surface area contributed by atoms with E-state index in [2.05, 4.69) is 15.0 Å². The van der Waals surface area contributed by atoms with Gasteiger partial charge in [0.15, 0.2) is 0 Å². The molecule has 1 aliphatic rings. The SMILES string of the molecule is NC(=O)[C@H](c1ccc(F)cc1)N1CCCC[C@@H]1Cn1cncn1. The fourth-order valence-corrected chi connectivity index (χ4v) is 3.27. The third-order valence-corrected chi connectivity index (χ3v) is 4.32. The zero-order valence-corrected chi connectivity index (χ0v) is 12.8. The first-order valence-electron chi connectivity index (χ1n) is 7.78. The van der Waals surface area contributed by atoms with Crippen LogP contribution in [0.5, 0.6) is 0 Å². The highest BCUT2D eigenvalue weighted by molar-refractivity contribution is 5.81. The Labute approximate surface area is 134 Å². The van der Waals surface area contributed by atoms with E-state index in [-0.39, 0.29) is 11.9 Å². The number of carbonyl (C=O) groups is 1. The summed E-state index contributed by atoms with van der Waals surface area (Å²) in [5, 5.41) is 4.15. The summed E-state index contributed by atoms with van der Waals surface area (Å²) in [4.78, 5) is 18.2. The van der Waals surface area contributed by atoms with Crippen LogP contribution < -0.4 is 5.73 Å². The zero-order chi connectivity index (χ0) is 16.2. The molecule has 2 N–H and O–H groups in total. The lowest BCUT2D eigenvalue weighted by Gasteiger charge is -2.40. The number of hydrogen-bond acceptors (Lipinski definition) is 4. The number of carbonyl (C=O) groups excluding carboxylic acids is 1. The molecule has 6 nitrogen and oxygen atoms in total. The lowest BCUT2D eigenvalue weighted by Crippen LogP contribution is -2.48. The van der Waals surface area contributed by atoms with Gasteiger partial charge in [-0.05, 0) is 37.1 Å². The third-order valence-electron chi connectivity index (χ3n) is 4.32. The molecule has 1 fully saturated rings. The van der Waals surface area contributed by atoms with E-state index in [1.165, 1.54) is 18.5 Å². The first-order chi connectivity index (χ1) is 11.1. The Morgan fingerprint density at radius 2 is 2.13 bits per heavy atom. The first-order valence-corrected chi connectivity index (χ1v) is 7.78. The lowest BCUT2D eigenvalue weighted by molar-refractivity contribution is -0.125. The minimum atomic E-state index is -0.551. The fraction of sp³-hybridized carbons (Fsp3) is 0.438. The topological polar surface area (TPSA) is 77.0 Å². The van der Waals surface area contributed by atoms with Crippen LogP contribution in [0.1, 0.15) is 30.9 Å². The van der Waals surface area contributed by atoms with Crippen LogP contribution in [0.25, 0.3) is 0 Å². The number of primary amides is 1. The maximum atomic E-state index is 13.2. The van der Waals surface area contributed by atoms with Crippen molar-refractivity contribution in [2.75, 3.05) is 6.54 Å². The Balaban J connectivity index is 1.86. The molecule has 1 saturated heterocycles. The predicted octanol–water partition coefficient (Wildman–Crippen LogP) is 1.50. The normalized spacial score (nSPS) is 20.3. The van der Waals surface area contributed by atoms with Gasteiger partial charge in [0.1, 0.15) is 24.5 Å². The Hall–Kier alpha value is -2.28. The first kappa shape index (κ1) is 15.6. The number of hydrogen-bond donors (Lipinski definition) is 1. The number of halogens is 1. The maximum absolute atomic E-state index is 13.2. The van der Waals surface area contributed by atoms with Gasteiger partial charge >= 0.3 is 0 Å². The summed E-state index contributed by atoms with van der Waals surface area (Å²) in [6.45, 7) is 1.44. The quantitative estimate of drug-likeness (QED) is 0.906. The molecular formula is C16H20FN5O. The molecule has 2 heterocycles. The van der Waals surface area contributed by atoms with E-state index in [4.69, 9.17) is 5.73 Å². The van der Waals surface area contributed by atoms with Crippen LogP contribution in [0.2, 0.25) is 0 Å². The number of likely N-dealkylation sites (tertiary alicyclic amines) is 1. The van der Waals surface area contributed by atoms with Crippen molar-refractivity contribution >= 4 is 5.91 Å². The molecule has 1 aromatic carbocycles. The molecule has 1 aromatic heterocycles. The standard InChI is InChI=1S/C16H20FN5O/c17-13-6-4-12(5-7-13)15(16(18)23)22-8-2-1-3-14(22)9-21-11-19-10-20-21/h4-7,10-11,14-15H,1-3,8-9H2,(H2,18,23)/t14-,15+/m1/s1. The summed E-state index contributed by atoms with van der Waals surface area (Å²) in [7, 11) is 0. The van der Waals surface area contributed by atoms with Crippen LogP contribution in [0.4, 0.5) is 4.39 Å². The van der Waals surface area contributed by atoms with E-state index in [1.54, 1.807) is 23.1 Å². The zero-order valence-electron chi connectivity index (χ0n) is 12.8. The molecule has 0 radical (unpaired) electrons. The van der Waals surface area contributed by atoms with Crippen molar-refractivity contribution in [3.8, 4) is 0 Å². The number of piperidine rings is 1. The highest BCUT2D eigenvalue weighted by Gasteiger charge is 2.33. The van der Waals surface area contributed by atoms with Gasteiger partial charge in [0.05, 0.1) is 6.54 Å². The van der Waals surface area contributed by atoms with Gasteiger partial charge < -0.3 is 5.73 Å². The van der Waals surface area contributed by atoms with Crippen molar-refractivity contribution in [2.45, 2.75) is 37.9 Å². The van der Waals surface area contributed by atoms with Crippen molar-refractivity contribution < 1.29 is 9.18 Å². The smallest absolute Gasteiger partial charge is 0.239 e. The third kappa shape index (κ3) is 3.56. The largest absolute Gasteiger partial charge is 0.368 e. The number of amides is 1. The summed E-state index contributed by atoms with van der Waals surface area (Å²) >= 11 is 0. The minimum absolute atomic E-state index is 0.146. The molecule has 7 heteroatoms. The molecule has 2 atom stereocenters. The second kappa shape index (κ2) is 6.87. The van der Waals surface area contributed by atoms with E-state index in [9.17, 15) is 9.18 Å². The van der Waals surface area contributed by atoms with Gasteiger partial charge in [-0.15, -0.1) is 0 Å². The summed E-state index contributed by atoms with van der Waals surface area (Å²) in [5.74, 6) is -0.739. The van der Waals surface area contributed by atoms with Gasteiger partial charge in [-0.2, -0.15) is 5.10 Å². The van der Waals surface area contributed by atoms with Crippen molar-refractivity contribution in [3.05, 3.63) is 48.3 Å². The molecule has 3 rings (SSSR count). The predicted molar refractivity (Wildman–Crippen MR) is 82.7 cm³/mol. The highest BCUT2D eigenvalue weighted by atomic mass is 19.1. The molecule has 0 aliphatic carbocycles. The molecular weight excluding hydrogens is 297 g/mol. The van der Waals surface area contributed by atoms with Gasteiger partial charge in [0.2, 0.25) is 5.91 Å². The lowest BCUT2D eigenvalue weighted by atomic mass is 9.95. The summed E-state index contributed by atoms with van der Waals surface area (Å²) in [5.41, 5.74) is 6.39. The Morgan fingerprint density at radius 1 is 1.35 bits per heavy atom. The van der Waals surface area contributed by atoms with Gasteiger partial charge in [0, 0.05) is 6.04 Å². The van der Waals surface area contributed by atoms with Crippen molar-refractivity contribution in [1.82, 2.24) is 19.7 Å². The van der Waals surface area contributed by atoms with Crippen molar-refractivity contribution in [3.63, 3.8) is 0 Å². The Morgan fingerprint density at radius 3 is 2.78 bits per heavy atom. The number of nitrogens with zero attached hydrogens (tertiary/aromatic N) is 4. The molecule has 2 aromatic rings. The number of aromatic nitrogens is 3. The molecule has 1 aliphatic heterocycles. The van der Waals surface area contributed by atoms with Crippen LogP contribution in [0, 0.1) is 5.82 Å². The monoisotopic (exact) mass is 317 g/mol. The maximum Gasteiger partial charge on any atom is 0.239 e. The Bertz CT molecular complexity index is 643. The molecule has 0 saturated carbocycles. The second-order valence-corrected chi connectivity index (χ2v) is 5.86. The fourth-order valence-electron chi connectivity index (χ4n) is 3.27. The van der Waals surface area contributed by atoms with Crippen molar-refractivity contribution in [1.29, 1.82) is 0 Å². The minimum Gasteiger partial charge on any atom is -0.368 e. The van der Waals surface area contributed by atoms with Crippen LogP contribution in [-0.4, -0.2) is 38.2 Å². The van der Waals surface area contributed by atoms with Gasteiger partial charge in [-0.1, -0.05) is 18.6 Å². The van der Waals surface area contributed by atoms with Gasteiger partial charge in [-0.25, -0.2) is 9.37 Å². The molecule has 0 bridgehead atoms. The van der Waals surface area contributed by atoms with Gasteiger partial charge in [0.25, 0.3) is 0 Å². The van der Waals surface area contributed by atoms with Crippen LogP contribution >= 0.6 is 0 Å². The van der Waals surface area contributed by atoms with E-state index in [0.29, 0.717) is 6.54 Å². The Kier molecular flexibility index (Phi) is 4.66. The summed E-state index contributed by atoms with van der Waals surface area (Å²) in [6.07, 6.45) is 6.25. The van der Waals surface area contributed by atoms with Crippen LogP contribution in [0.15, 0.2) is 36.9 Å². The molecule has 1 amide bonds. The molecule has 0 unspecified atom stereocenters. The molecule has 122 valence electrons. The number of benzene rings is 1. The number of nitrogens with two attached hydrogens (primary N) is 1. The molecule has 23 heavy (non-hydrogen) atoms. The number of rotatable bonds is 5. The average molecular weight is 317 g/mol. The van der Waals surface area contributed by atoms with Crippen LogP contribution in [-0.2, 0) is 11.3 Å². The van der Waals surface area contributed by atoms with E-state index in [0.717, 1.165) is 31.4 Å². The second-order valence-electron chi connectivity index (χ2n) is 5.86. The molecule has 0 spiro atoms. The van der Waals surface area contributed by atoms with E-state index >= 15 is 0 Å².